The summed E-state index contributed by atoms with van der Waals surface area (Å²) >= 11 is 0. The van der Waals surface area contributed by atoms with Gasteiger partial charge in [-0.1, -0.05) is 30.3 Å². The number of carbonyl (C=O) groups excluding carboxylic acids is 2. The molecule has 2 N–H and O–H groups in total. The molecule has 1 aromatic heterocycles. The molecule has 1 fully saturated rings. The van der Waals surface area contributed by atoms with Crippen molar-refractivity contribution in [1.82, 2.24) is 14.9 Å². The maximum absolute atomic E-state index is 12.4. The number of nitrogens with zero attached hydrogens (tertiary/aromatic N) is 2. The Morgan fingerprint density at radius 3 is 2.56 bits per heavy atom. The summed E-state index contributed by atoms with van der Waals surface area (Å²) in [6.45, 7) is 0.526. The molecule has 0 radical (unpaired) electrons. The van der Waals surface area contributed by atoms with E-state index in [-0.39, 0.29) is 17.7 Å². The van der Waals surface area contributed by atoms with E-state index in [2.05, 4.69) is 15.6 Å². The Morgan fingerprint density at radius 1 is 1.04 bits per heavy atom. The highest BCUT2D eigenvalue weighted by Crippen LogP contribution is 2.28. The molecule has 2 amide bonds. The number of anilines is 1. The Bertz CT molecular complexity index is 961. The summed E-state index contributed by atoms with van der Waals surface area (Å²) in [6.07, 6.45) is 2.92. The molecule has 3 aromatic rings. The molecule has 27 heavy (non-hydrogen) atoms. The molecule has 1 aliphatic rings. The van der Waals surface area contributed by atoms with Gasteiger partial charge in [-0.05, 0) is 43.5 Å². The van der Waals surface area contributed by atoms with E-state index in [1.54, 1.807) is 0 Å². The van der Waals surface area contributed by atoms with Crippen LogP contribution in [0.5, 0.6) is 0 Å². The van der Waals surface area contributed by atoms with E-state index in [4.69, 9.17) is 0 Å². The standard InChI is InChI=1S/C21H22N4O2/c26-19(11-6-14-22-20(27)15-12-13-15)24-21-23-17-9-4-5-10-18(17)25(21)16-7-2-1-3-8-16/h1-5,7-10,15H,6,11-14H2,(H,22,27)(H,23,24,26). The molecule has 0 spiro atoms. The molecule has 2 aromatic carbocycles. The van der Waals surface area contributed by atoms with E-state index >= 15 is 0 Å². The fourth-order valence-electron chi connectivity index (χ4n) is 3.09. The van der Waals surface area contributed by atoms with E-state index < -0.39 is 0 Å². The third-order valence-corrected chi connectivity index (χ3v) is 4.65. The monoisotopic (exact) mass is 362 g/mol. The van der Waals surface area contributed by atoms with Crippen LogP contribution in [0, 0.1) is 5.92 Å². The number of aromatic nitrogens is 2. The summed E-state index contributed by atoms with van der Waals surface area (Å²) in [4.78, 5) is 28.6. The van der Waals surface area contributed by atoms with E-state index in [1.165, 1.54) is 0 Å². The number of hydrogen-bond donors (Lipinski definition) is 2. The second-order valence-corrected chi connectivity index (χ2v) is 6.81. The number of amides is 2. The zero-order chi connectivity index (χ0) is 18.6. The third kappa shape index (κ3) is 4.00. The Hall–Kier alpha value is -3.15. The summed E-state index contributed by atoms with van der Waals surface area (Å²) in [5, 5.41) is 5.80. The van der Waals surface area contributed by atoms with Gasteiger partial charge in [-0.15, -0.1) is 0 Å². The van der Waals surface area contributed by atoms with Crippen LogP contribution in [0.1, 0.15) is 25.7 Å². The summed E-state index contributed by atoms with van der Waals surface area (Å²) in [5.41, 5.74) is 2.71. The van der Waals surface area contributed by atoms with Crippen molar-refractivity contribution in [1.29, 1.82) is 0 Å². The first-order chi connectivity index (χ1) is 13.2. The number of para-hydroxylation sites is 3. The molecule has 1 heterocycles. The predicted molar refractivity (Wildman–Crippen MR) is 105 cm³/mol. The minimum absolute atomic E-state index is 0.108. The predicted octanol–water partition coefficient (Wildman–Crippen LogP) is 3.27. The SMILES string of the molecule is O=C(CCCNC(=O)C1CC1)Nc1nc2ccccc2n1-c1ccccc1. The van der Waals surface area contributed by atoms with Crippen LogP contribution in [0.2, 0.25) is 0 Å². The van der Waals surface area contributed by atoms with Crippen LogP contribution < -0.4 is 10.6 Å². The lowest BCUT2D eigenvalue weighted by molar-refractivity contribution is -0.122. The van der Waals surface area contributed by atoms with Gasteiger partial charge in [0.15, 0.2) is 0 Å². The summed E-state index contributed by atoms with van der Waals surface area (Å²) < 4.78 is 1.95. The summed E-state index contributed by atoms with van der Waals surface area (Å²) in [6, 6.07) is 17.6. The lowest BCUT2D eigenvalue weighted by atomic mass is 10.2. The van der Waals surface area contributed by atoms with Crippen LogP contribution in [-0.2, 0) is 9.59 Å². The summed E-state index contributed by atoms with van der Waals surface area (Å²) in [7, 11) is 0. The number of carbonyl (C=O) groups is 2. The maximum atomic E-state index is 12.4. The average Bonchev–Trinajstić information content (AvgIpc) is 3.47. The fraction of sp³-hybridized carbons (Fsp3) is 0.286. The van der Waals surface area contributed by atoms with Gasteiger partial charge in [0.2, 0.25) is 17.8 Å². The molecule has 6 heteroatoms. The van der Waals surface area contributed by atoms with Crippen molar-refractivity contribution in [3.63, 3.8) is 0 Å². The van der Waals surface area contributed by atoms with Gasteiger partial charge >= 0.3 is 0 Å². The van der Waals surface area contributed by atoms with Crippen LogP contribution in [0.25, 0.3) is 16.7 Å². The molecule has 0 aliphatic heterocycles. The van der Waals surface area contributed by atoms with Crippen LogP contribution in [0.4, 0.5) is 5.95 Å². The second-order valence-electron chi connectivity index (χ2n) is 6.81. The van der Waals surface area contributed by atoms with Gasteiger partial charge in [-0.3, -0.25) is 19.5 Å². The highest BCUT2D eigenvalue weighted by molar-refractivity contribution is 5.92. The minimum atomic E-state index is -0.108. The molecule has 0 bridgehead atoms. The fourth-order valence-corrected chi connectivity index (χ4v) is 3.09. The molecule has 4 rings (SSSR count). The Kier molecular flexibility index (Phi) is 4.87. The van der Waals surface area contributed by atoms with Crippen LogP contribution in [0.15, 0.2) is 54.6 Å². The van der Waals surface area contributed by atoms with Gasteiger partial charge in [0, 0.05) is 24.6 Å². The van der Waals surface area contributed by atoms with Crippen molar-refractivity contribution in [3.8, 4) is 5.69 Å². The largest absolute Gasteiger partial charge is 0.356 e. The Labute approximate surface area is 157 Å². The van der Waals surface area contributed by atoms with Gasteiger partial charge in [-0.2, -0.15) is 0 Å². The lowest BCUT2D eigenvalue weighted by Crippen LogP contribution is -2.26. The molecular weight excluding hydrogens is 340 g/mol. The first kappa shape index (κ1) is 17.3. The molecule has 0 saturated heterocycles. The van der Waals surface area contributed by atoms with Crippen molar-refractivity contribution in [3.05, 3.63) is 54.6 Å². The minimum Gasteiger partial charge on any atom is -0.356 e. The van der Waals surface area contributed by atoms with E-state index in [0.29, 0.717) is 25.3 Å². The third-order valence-electron chi connectivity index (χ3n) is 4.65. The number of hydrogen-bond acceptors (Lipinski definition) is 3. The average molecular weight is 362 g/mol. The van der Waals surface area contributed by atoms with Gasteiger partial charge < -0.3 is 5.32 Å². The first-order valence-corrected chi connectivity index (χ1v) is 9.33. The van der Waals surface area contributed by atoms with E-state index in [9.17, 15) is 9.59 Å². The quantitative estimate of drug-likeness (QED) is 0.634. The van der Waals surface area contributed by atoms with Crippen molar-refractivity contribution in [2.24, 2.45) is 5.92 Å². The van der Waals surface area contributed by atoms with E-state index in [0.717, 1.165) is 29.6 Å². The van der Waals surface area contributed by atoms with Crippen molar-refractivity contribution >= 4 is 28.8 Å². The zero-order valence-electron chi connectivity index (χ0n) is 15.0. The Balaban J connectivity index is 1.45. The van der Waals surface area contributed by atoms with Crippen molar-refractivity contribution in [2.45, 2.75) is 25.7 Å². The number of rotatable bonds is 7. The molecular formula is C21H22N4O2. The number of nitrogens with one attached hydrogen (secondary N) is 2. The smallest absolute Gasteiger partial charge is 0.226 e. The number of benzene rings is 2. The number of fused-ring (bicyclic) bond motifs is 1. The van der Waals surface area contributed by atoms with Crippen molar-refractivity contribution in [2.75, 3.05) is 11.9 Å². The summed E-state index contributed by atoms with van der Waals surface area (Å²) in [5.74, 6) is 0.712. The molecule has 1 aliphatic carbocycles. The number of imidazole rings is 1. The highest BCUT2D eigenvalue weighted by Gasteiger charge is 2.29. The molecule has 138 valence electrons. The topological polar surface area (TPSA) is 76.0 Å². The van der Waals surface area contributed by atoms with Gasteiger partial charge in [0.1, 0.15) is 0 Å². The normalized spacial score (nSPS) is 13.5. The van der Waals surface area contributed by atoms with Crippen LogP contribution in [-0.4, -0.2) is 27.9 Å². The molecule has 1 saturated carbocycles. The Morgan fingerprint density at radius 2 is 1.78 bits per heavy atom. The molecule has 6 nitrogen and oxygen atoms in total. The molecule has 0 atom stereocenters. The zero-order valence-corrected chi connectivity index (χ0v) is 15.0. The van der Waals surface area contributed by atoms with Gasteiger partial charge in [0.25, 0.3) is 0 Å². The first-order valence-electron chi connectivity index (χ1n) is 9.33. The second kappa shape index (κ2) is 7.61. The molecule has 0 unspecified atom stereocenters. The van der Waals surface area contributed by atoms with Crippen LogP contribution >= 0.6 is 0 Å². The highest BCUT2D eigenvalue weighted by atomic mass is 16.2. The van der Waals surface area contributed by atoms with Gasteiger partial charge in [-0.25, -0.2) is 4.98 Å². The lowest BCUT2D eigenvalue weighted by Gasteiger charge is -2.10. The van der Waals surface area contributed by atoms with E-state index in [1.807, 2.05) is 59.2 Å². The maximum Gasteiger partial charge on any atom is 0.226 e. The van der Waals surface area contributed by atoms with Crippen molar-refractivity contribution < 1.29 is 9.59 Å². The van der Waals surface area contributed by atoms with Gasteiger partial charge in [0.05, 0.1) is 11.0 Å². The van der Waals surface area contributed by atoms with Crippen LogP contribution in [0.3, 0.4) is 0 Å².